The lowest BCUT2D eigenvalue weighted by molar-refractivity contribution is 0.415. The highest BCUT2D eigenvalue weighted by molar-refractivity contribution is 5.76. The Labute approximate surface area is 174 Å². The van der Waals surface area contributed by atoms with Crippen molar-refractivity contribution in [1.82, 2.24) is 0 Å². The van der Waals surface area contributed by atoms with Gasteiger partial charge in [-0.25, -0.2) is 0 Å². The first-order valence-electron chi connectivity index (χ1n) is 10.6. The summed E-state index contributed by atoms with van der Waals surface area (Å²) in [6.07, 6.45) is 6.41. The minimum Gasteiger partial charge on any atom is -0.497 e. The van der Waals surface area contributed by atoms with Crippen molar-refractivity contribution in [3.63, 3.8) is 0 Å². The first kappa shape index (κ1) is 20.8. The van der Waals surface area contributed by atoms with Crippen LogP contribution in [0.25, 0.3) is 22.6 Å². The molecule has 2 heteroatoms. The van der Waals surface area contributed by atoms with Crippen LogP contribution < -0.4 is 4.74 Å². The van der Waals surface area contributed by atoms with E-state index >= 15 is 0 Å². The van der Waals surface area contributed by atoms with Gasteiger partial charge in [0.1, 0.15) is 11.5 Å². The van der Waals surface area contributed by atoms with Gasteiger partial charge in [-0.15, -0.1) is 0 Å². The Kier molecular flexibility index (Phi) is 7.59. The molecule has 0 aliphatic heterocycles. The van der Waals surface area contributed by atoms with Crippen molar-refractivity contribution in [2.45, 2.75) is 52.4 Å². The van der Waals surface area contributed by atoms with Gasteiger partial charge >= 0.3 is 0 Å². The number of hydrogen-bond donors (Lipinski definition) is 0. The molecule has 0 radical (unpaired) electrons. The highest BCUT2D eigenvalue weighted by atomic mass is 16.5. The van der Waals surface area contributed by atoms with Crippen molar-refractivity contribution in [3.05, 3.63) is 65.7 Å². The predicted molar refractivity (Wildman–Crippen MR) is 121 cm³/mol. The standard InChI is InChI=1S/C27H30O2/c1-4-6-8-12-16-25-24(15-7-5-2)27(22-17-19-23(28-3)20-18-22)29-26(25)21-13-10-9-11-14-21/h9-11,13-14,17-20H,4-8,15H2,1-3H3. The largest absolute Gasteiger partial charge is 0.497 e. The summed E-state index contributed by atoms with van der Waals surface area (Å²) in [5.74, 6) is 9.51. The molecule has 0 N–H and O–H groups in total. The van der Waals surface area contributed by atoms with Crippen LogP contribution in [0.2, 0.25) is 0 Å². The second-order valence-electron chi connectivity index (χ2n) is 7.22. The van der Waals surface area contributed by atoms with Crippen LogP contribution in [0.15, 0.2) is 59.0 Å². The van der Waals surface area contributed by atoms with Crippen molar-refractivity contribution in [1.29, 1.82) is 0 Å². The highest BCUT2D eigenvalue weighted by Crippen LogP contribution is 2.38. The molecule has 29 heavy (non-hydrogen) atoms. The molecule has 0 atom stereocenters. The van der Waals surface area contributed by atoms with Gasteiger partial charge in [-0.05, 0) is 43.5 Å². The number of hydrogen-bond acceptors (Lipinski definition) is 2. The first-order chi connectivity index (χ1) is 14.3. The molecule has 0 unspecified atom stereocenters. The predicted octanol–water partition coefficient (Wildman–Crippen LogP) is 7.51. The second kappa shape index (κ2) is 10.6. The van der Waals surface area contributed by atoms with E-state index in [1.807, 2.05) is 30.3 Å². The molecule has 0 saturated carbocycles. The second-order valence-corrected chi connectivity index (χ2v) is 7.22. The fourth-order valence-corrected chi connectivity index (χ4v) is 3.37. The lowest BCUT2D eigenvalue weighted by Gasteiger charge is -2.04. The van der Waals surface area contributed by atoms with Crippen molar-refractivity contribution < 1.29 is 9.15 Å². The van der Waals surface area contributed by atoms with Gasteiger partial charge in [-0.3, -0.25) is 0 Å². The van der Waals surface area contributed by atoms with Gasteiger partial charge in [-0.1, -0.05) is 68.9 Å². The Morgan fingerprint density at radius 3 is 2.17 bits per heavy atom. The van der Waals surface area contributed by atoms with E-state index in [4.69, 9.17) is 9.15 Å². The van der Waals surface area contributed by atoms with E-state index in [9.17, 15) is 0 Å². The summed E-state index contributed by atoms with van der Waals surface area (Å²) in [6.45, 7) is 4.42. The molecule has 0 aliphatic rings. The molecule has 2 aromatic carbocycles. The van der Waals surface area contributed by atoms with Crippen LogP contribution in [-0.4, -0.2) is 7.11 Å². The van der Waals surface area contributed by atoms with Crippen molar-refractivity contribution >= 4 is 0 Å². The summed E-state index contributed by atoms with van der Waals surface area (Å²) in [5, 5.41) is 0. The molecule has 0 spiro atoms. The van der Waals surface area contributed by atoms with Crippen LogP contribution in [-0.2, 0) is 6.42 Å². The molecule has 150 valence electrons. The number of methoxy groups -OCH3 is 1. The van der Waals surface area contributed by atoms with Gasteiger partial charge in [0.25, 0.3) is 0 Å². The molecule has 1 aromatic heterocycles. The van der Waals surface area contributed by atoms with Gasteiger partial charge < -0.3 is 9.15 Å². The molecule has 1 heterocycles. The average molecular weight is 387 g/mol. The number of benzene rings is 2. The molecular formula is C27H30O2. The maximum absolute atomic E-state index is 6.50. The van der Waals surface area contributed by atoms with E-state index in [0.29, 0.717) is 0 Å². The Morgan fingerprint density at radius 2 is 1.52 bits per heavy atom. The van der Waals surface area contributed by atoms with E-state index in [0.717, 1.165) is 72.5 Å². The fraction of sp³-hybridized carbons (Fsp3) is 0.333. The zero-order valence-corrected chi connectivity index (χ0v) is 17.8. The molecule has 0 fully saturated rings. The fourth-order valence-electron chi connectivity index (χ4n) is 3.37. The summed E-state index contributed by atoms with van der Waals surface area (Å²) in [7, 11) is 1.69. The maximum Gasteiger partial charge on any atom is 0.150 e. The van der Waals surface area contributed by atoms with Crippen LogP contribution in [0.5, 0.6) is 5.75 Å². The Morgan fingerprint density at radius 1 is 0.828 bits per heavy atom. The van der Waals surface area contributed by atoms with Crippen LogP contribution >= 0.6 is 0 Å². The number of ether oxygens (including phenoxy) is 1. The van der Waals surface area contributed by atoms with Crippen LogP contribution in [0.1, 0.15) is 57.1 Å². The van der Waals surface area contributed by atoms with Gasteiger partial charge in [0.15, 0.2) is 5.76 Å². The van der Waals surface area contributed by atoms with E-state index < -0.39 is 0 Å². The third-order valence-corrected chi connectivity index (χ3v) is 5.04. The smallest absolute Gasteiger partial charge is 0.150 e. The van der Waals surface area contributed by atoms with Crippen molar-refractivity contribution in [3.8, 4) is 40.2 Å². The molecular weight excluding hydrogens is 356 g/mol. The summed E-state index contributed by atoms with van der Waals surface area (Å²) in [6, 6.07) is 18.4. The quantitative estimate of drug-likeness (QED) is 0.295. The summed E-state index contributed by atoms with van der Waals surface area (Å²) >= 11 is 0. The van der Waals surface area contributed by atoms with E-state index in [2.05, 4.69) is 50.0 Å². The van der Waals surface area contributed by atoms with E-state index in [1.165, 1.54) is 5.56 Å². The molecule has 3 aromatic rings. The Balaban J connectivity index is 2.15. The van der Waals surface area contributed by atoms with Crippen LogP contribution in [0, 0.1) is 11.8 Å². The minimum absolute atomic E-state index is 0.846. The van der Waals surface area contributed by atoms with E-state index in [1.54, 1.807) is 7.11 Å². The molecule has 2 nitrogen and oxygen atoms in total. The van der Waals surface area contributed by atoms with Crippen LogP contribution in [0.3, 0.4) is 0 Å². The lowest BCUT2D eigenvalue weighted by Crippen LogP contribution is -1.91. The van der Waals surface area contributed by atoms with Crippen molar-refractivity contribution in [2.75, 3.05) is 7.11 Å². The molecule has 0 amide bonds. The third kappa shape index (κ3) is 5.12. The lowest BCUT2D eigenvalue weighted by atomic mass is 9.97. The zero-order chi connectivity index (χ0) is 20.5. The summed E-state index contributed by atoms with van der Waals surface area (Å²) in [4.78, 5) is 0. The normalized spacial score (nSPS) is 10.4. The maximum atomic E-state index is 6.50. The van der Waals surface area contributed by atoms with Gasteiger partial charge in [0.05, 0.1) is 12.7 Å². The molecule has 0 bridgehead atoms. The number of unbranched alkanes of at least 4 members (excludes halogenated alkanes) is 3. The zero-order valence-electron chi connectivity index (χ0n) is 17.8. The SMILES string of the molecule is CCCCC#Cc1c(-c2ccccc2)oc(-c2ccc(OC)cc2)c1CCCC. The molecule has 3 rings (SSSR count). The third-order valence-electron chi connectivity index (χ3n) is 5.04. The highest BCUT2D eigenvalue weighted by Gasteiger charge is 2.21. The number of furan rings is 1. The summed E-state index contributed by atoms with van der Waals surface area (Å²) in [5.41, 5.74) is 4.41. The van der Waals surface area contributed by atoms with E-state index in [-0.39, 0.29) is 0 Å². The van der Waals surface area contributed by atoms with Crippen LogP contribution in [0.4, 0.5) is 0 Å². The Bertz CT molecular complexity index is 954. The number of rotatable bonds is 8. The average Bonchev–Trinajstić information content (AvgIpc) is 3.14. The van der Waals surface area contributed by atoms with Gasteiger partial charge in [0.2, 0.25) is 0 Å². The van der Waals surface area contributed by atoms with Gasteiger partial charge in [0, 0.05) is 23.1 Å². The molecule has 0 saturated heterocycles. The monoisotopic (exact) mass is 386 g/mol. The summed E-state index contributed by atoms with van der Waals surface area (Å²) < 4.78 is 11.8. The first-order valence-corrected chi connectivity index (χ1v) is 10.6. The topological polar surface area (TPSA) is 22.4 Å². The van der Waals surface area contributed by atoms with Gasteiger partial charge in [-0.2, -0.15) is 0 Å². The minimum atomic E-state index is 0.846. The Hall–Kier alpha value is -2.92. The molecule has 0 aliphatic carbocycles. The van der Waals surface area contributed by atoms with Crippen molar-refractivity contribution in [2.24, 2.45) is 0 Å².